The number of nitrogens with two attached hydrogens (primary N) is 1. The zero-order valence-electron chi connectivity index (χ0n) is 13.6. The molecule has 1 aromatic heterocycles. The highest BCUT2D eigenvalue weighted by Crippen LogP contribution is 2.19. The number of hydrogen-bond acceptors (Lipinski definition) is 6. The van der Waals surface area contributed by atoms with Crippen molar-refractivity contribution >= 4 is 29.2 Å². The van der Waals surface area contributed by atoms with E-state index in [1.165, 1.54) is 0 Å². The van der Waals surface area contributed by atoms with E-state index in [0.717, 1.165) is 16.8 Å². The van der Waals surface area contributed by atoms with Crippen LogP contribution in [0.15, 0.2) is 54.6 Å². The molecule has 1 heterocycles. The van der Waals surface area contributed by atoms with Crippen molar-refractivity contribution in [1.82, 2.24) is 15.0 Å². The summed E-state index contributed by atoms with van der Waals surface area (Å²) >= 11 is 0. The van der Waals surface area contributed by atoms with Gasteiger partial charge in [-0.1, -0.05) is 42.5 Å². The minimum atomic E-state index is 0.0503. The number of allylic oxidation sites excluding steroid dienone is 1. The van der Waals surface area contributed by atoms with Crippen molar-refractivity contribution in [2.45, 2.75) is 6.92 Å². The molecule has 25 heavy (non-hydrogen) atoms. The Balaban J connectivity index is 1.98. The number of nitrogen functional groups attached to an aromatic ring is 1. The predicted octanol–water partition coefficient (Wildman–Crippen LogP) is 3.57. The summed E-state index contributed by atoms with van der Waals surface area (Å²) in [5, 5.41) is 12.6. The normalized spacial score (nSPS) is 11.0. The van der Waals surface area contributed by atoms with E-state index in [0.29, 0.717) is 11.5 Å². The second kappa shape index (κ2) is 7.23. The third-order valence-corrected chi connectivity index (χ3v) is 3.53. The van der Waals surface area contributed by atoms with Gasteiger partial charge < -0.3 is 11.1 Å². The fraction of sp³-hybridized carbons (Fsp3) is 0.0526. The van der Waals surface area contributed by atoms with Crippen LogP contribution in [0.5, 0.6) is 0 Å². The zero-order valence-corrected chi connectivity index (χ0v) is 13.6. The Morgan fingerprint density at radius 1 is 1.04 bits per heavy atom. The van der Waals surface area contributed by atoms with Crippen molar-refractivity contribution in [2.75, 3.05) is 11.1 Å². The van der Waals surface area contributed by atoms with Gasteiger partial charge >= 0.3 is 0 Å². The quantitative estimate of drug-likeness (QED) is 0.710. The minimum absolute atomic E-state index is 0.0503. The van der Waals surface area contributed by atoms with E-state index in [1.807, 2.05) is 61.5 Å². The molecule has 3 N–H and O–H groups in total. The standard InChI is InChI=1S/C19H16N6/c1-13-7-5-6-8-14(13)11-15(12-20)17-23-18(21)25-19(24-17)22-16-9-3-2-4-10-16/h2-11H,1H3,(H3,21,22,23,24,25)/b15-11+. The lowest BCUT2D eigenvalue weighted by atomic mass is 10.1. The lowest BCUT2D eigenvalue weighted by Gasteiger charge is -2.07. The molecule has 0 saturated heterocycles. The fourth-order valence-corrected chi connectivity index (χ4v) is 2.27. The molecule has 3 aromatic rings. The van der Waals surface area contributed by atoms with Crippen molar-refractivity contribution in [3.63, 3.8) is 0 Å². The van der Waals surface area contributed by atoms with Crippen molar-refractivity contribution in [1.29, 1.82) is 5.26 Å². The minimum Gasteiger partial charge on any atom is -0.368 e. The first kappa shape index (κ1) is 16.1. The van der Waals surface area contributed by atoms with Crippen LogP contribution in [0.1, 0.15) is 17.0 Å². The maximum Gasteiger partial charge on any atom is 0.232 e. The first-order chi connectivity index (χ1) is 12.2. The van der Waals surface area contributed by atoms with Crippen molar-refractivity contribution < 1.29 is 0 Å². The highest BCUT2D eigenvalue weighted by atomic mass is 15.2. The third kappa shape index (κ3) is 3.98. The number of nitriles is 1. The number of aryl methyl sites for hydroxylation is 1. The van der Waals surface area contributed by atoms with E-state index in [9.17, 15) is 5.26 Å². The van der Waals surface area contributed by atoms with Gasteiger partial charge in [0.05, 0.1) is 5.57 Å². The Morgan fingerprint density at radius 3 is 2.48 bits per heavy atom. The number of rotatable bonds is 4. The number of benzene rings is 2. The average Bonchev–Trinajstić information content (AvgIpc) is 2.61. The van der Waals surface area contributed by atoms with E-state index in [1.54, 1.807) is 6.08 Å². The molecule has 0 spiro atoms. The number of nitrogens with one attached hydrogen (secondary N) is 1. The largest absolute Gasteiger partial charge is 0.368 e. The summed E-state index contributed by atoms with van der Waals surface area (Å²) in [5.74, 6) is 0.575. The van der Waals surface area contributed by atoms with Gasteiger partial charge in [0.25, 0.3) is 0 Å². The summed E-state index contributed by atoms with van der Waals surface area (Å²) in [6, 6.07) is 19.4. The van der Waals surface area contributed by atoms with Gasteiger partial charge in [-0.15, -0.1) is 0 Å². The number of anilines is 3. The summed E-state index contributed by atoms with van der Waals surface area (Å²) in [6.07, 6.45) is 1.75. The van der Waals surface area contributed by atoms with Crippen LogP contribution >= 0.6 is 0 Å². The average molecular weight is 328 g/mol. The molecule has 0 saturated carbocycles. The second-order valence-corrected chi connectivity index (χ2v) is 5.36. The number of nitrogens with zero attached hydrogens (tertiary/aromatic N) is 4. The highest BCUT2D eigenvalue weighted by Gasteiger charge is 2.10. The zero-order chi connectivity index (χ0) is 17.6. The van der Waals surface area contributed by atoms with Gasteiger partial charge in [0.2, 0.25) is 11.9 Å². The van der Waals surface area contributed by atoms with Crippen LogP contribution in [0.25, 0.3) is 11.6 Å². The molecule has 0 amide bonds. The molecule has 0 atom stereocenters. The van der Waals surface area contributed by atoms with E-state index in [-0.39, 0.29) is 11.8 Å². The van der Waals surface area contributed by atoms with E-state index in [4.69, 9.17) is 5.73 Å². The molecule has 6 nitrogen and oxygen atoms in total. The van der Waals surface area contributed by atoms with Crippen LogP contribution in [0.3, 0.4) is 0 Å². The lowest BCUT2D eigenvalue weighted by molar-refractivity contribution is 1.04. The molecule has 0 aliphatic rings. The molecule has 122 valence electrons. The van der Waals surface area contributed by atoms with Gasteiger partial charge in [-0.05, 0) is 36.3 Å². The molecule has 6 heteroatoms. The molecule has 0 unspecified atom stereocenters. The summed E-state index contributed by atoms with van der Waals surface area (Å²) in [6.45, 7) is 1.98. The van der Waals surface area contributed by atoms with Gasteiger partial charge in [-0.25, -0.2) is 0 Å². The van der Waals surface area contributed by atoms with Crippen LogP contribution < -0.4 is 11.1 Å². The van der Waals surface area contributed by atoms with Gasteiger partial charge in [0.15, 0.2) is 5.82 Å². The summed E-state index contributed by atoms with van der Waals surface area (Å²) in [5.41, 5.74) is 8.91. The van der Waals surface area contributed by atoms with Crippen molar-refractivity contribution in [3.05, 3.63) is 71.5 Å². The molecular weight excluding hydrogens is 312 g/mol. The Labute approximate surface area is 145 Å². The molecule has 0 radical (unpaired) electrons. The Morgan fingerprint density at radius 2 is 1.76 bits per heavy atom. The molecular formula is C19H16N6. The summed E-state index contributed by atoms with van der Waals surface area (Å²) in [4.78, 5) is 12.5. The first-order valence-electron chi connectivity index (χ1n) is 7.67. The van der Waals surface area contributed by atoms with Gasteiger partial charge in [-0.2, -0.15) is 20.2 Å². The van der Waals surface area contributed by atoms with Crippen LogP contribution in [0.4, 0.5) is 17.6 Å². The SMILES string of the molecule is Cc1ccccc1/C=C(\C#N)c1nc(N)nc(Nc2ccccc2)n1. The Hall–Kier alpha value is -3.72. The predicted molar refractivity (Wildman–Crippen MR) is 98.6 cm³/mol. The van der Waals surface area contributed by atoms with Crippen molar-refractivity contribution in [2.24, 2.45) is 0 Å². The third-order valence-electron chi connectivity index (χ3n) is 3.53. The molecule has 3 rings (SSSR count). The van der Waals surface area contributed by atoms with E-state index >= 15 is 0 Å². The topological polar surface area (TPSA) is 101 Å². The van der Waals surface area contributed by atoms with E-state index in [2.05, 4.69) is 26.3 Å². The summed E-state index contributed by atoms with van der Waals surface area (Å²) in [7, 11) is 0. The number of para-hydroxylation sites is 1. The maximum absolute atomic E-state index is 9.52. The second-order valence-electron chi connectivity index (χ2n) is 5.36. The fourth-order valence-electron chi connectivity index (χ4n) is 2.27. The van der Waals surface area contributed by atoms with Gasteiger partial charge in [0.1, 0.15) is 6.07 Å². The van der Waals surface area contributed by atoms with E-state index < -0.39 is 0 Å². The van der Waals surface area contributed by atoms with Gasteiger partial charge in [0, 0.05) is 5.69 Å². The van der Waals surface area contributed by atoms with Crippen LogP contribution in [0.2, 0.25) is 0 Å². The maximum atomic E-state index is 9.52. The molecule has 0 bridgehead atoms. The number of hydrogen-bond donors (Lipinski definition) is 2. The first-order valence-corrected chi connectivity index (χ1v) is 7.67. The molecule has 0 aliphatic carbocycles. The van der Waals surface area contributed by atoms with Crippen LogP contribution in [-0.4, -0.2) is 15.0 Å². The Kier molecular flexibility index (Phi) is 4.67. The number of aromatic nitrogens is 3. The monoisotopic (exact) mass is 328 g/mol. The molecule has 2 aromatic carbocycles. The Bertz CT molecular complexity index is 957. The lowest BCUT2D eigenvalue weighted by Crippen LogP contribution is -2.06. The molecule has 0 aliphatic heterocycles. The van der Waals surface area contributed by atoms with Gasteiger partial charge in [-0.3, -0.25) is 0 Å². The van der Waals surface area contributed by atoms with Crippen LogP contribution in [0, 0.1) is 18.3 Å². The summed E-state index contributed by atoms with van der Waals surface area (Å²) < 4.78 is 0. The van der Waals surface area contributed by atoms with Crippen molar-refractivity contribution in [3.8, 4) is 6.07 Å². The molecule has 0 fully saturated rings. The highest BCUT2D eigenvalue weighted by molar-refractivity contribution is 5.88. The van der Waals surface area contributed by atoms with Crippen LogP contribution in [-0.2, 0) is 0 Å². The smallest absolute Gasteiger partial charge is 0.232 e.